The topological polar surface area (TPSA) is 85.2 Å². The summed E-state index contributed by atoms with van der Waals surface area (Å²) in [5.41, 5.74) is 2.13. The fourth-order valence-corrected chi connectivity index (χ4v) is 5.71. The van der Waals surface area contributed by atoms with E-state index >= 15 is 4.39 Å². The zero-order valence-electron chi connectivity index (χ0n) is 21.1. The zero-order chi connectivity index (χ0) is 26.7. The van der Waals surface area contributed by atoms with Crippen LogP contribution < -0.4 is 20.6 Å². The number of aromatic nitrogens is 4. The third-order valence-corrected chi connectivity index (χ3v) is 7.72. The number of benzene rings is 1. The van der Waals surface area contributed by atoms with Crippen molar-refractivity contribution < 1.29 is 9.13 Å². The minimum atomic E-state index is -0.658. The fourth-order valence-electron chi connectivity index (χ4n) is 5.24. The molecule has 0 amide bonds. The van der Waals surface area contributed by atoms with Crippen molar-refractivity contribution in [1.29, 1.82) is 0 Å². The average Bonchev–Trinajstić information content (AvgIpc) is 3.06. The number of halogens is 3. The molecule has 38 heavy (non-hydrogen) atoms. The summed E-state index contributed by atoms with van der Waals surface area (Å²) in [5.74, 6) is 0.117. The molecule has 1 aromatic carbocycles. The van der Waals surface area contributed by atoms with Gasteiger partial charge in [-0.1, -0.05) is 43.1 Å². The van der Waals surface area contributed by atoms with Crippen LogP contribution in [0.5, 0.6) is 5.75 Å². The lowest BCUT2D eigenvalue weighted by atomic mass is 10.0. The molecule has 0 saturated carbocycles. The van der Waals surface area contributed by atoms with Crippen LogP contribution in [0.25, 0.3) is 28.0 Å². The average molecular weight is 555 g/mol. The Hall–Kier alpha value is -3.27. The molecule has 5 heterocycles. The Bertz CT molecular complexity index is 1660. The molecular formula is C27H25Cl2FN6O2. The molecule has 2 aliphatic rings. The molecule has 1 N–H and O–H groups in total. The highest BCUT2D eigenvalue weighted by molar-refractivity contribution is 6.36. The van der Waals surface area contributed by atoms with Crippen molar-refractivity contribution in [2.45, 2.75) is 32.7 Å². The lowest BCUT2D eigenvalue weighted by molar-refractivity contribution is 0.274. The highest BCUT2D eigenvalue weighted by Crippen LogP contribution is 2.45. The minimum Gasteiger partial charge on any atom is -0.489 e. The van der Waals surface area contributed by atoms with Crippen LogP contribution in [-0.4, -0.2) is 51.8 Å². The molecular weight excluding hydrogens is 530 g/mol. The van der Waals surface area contributed by atoms with Crippen LogP contribution in [0.4, 0.5) is 10.2 Å². The van der Waals surface area contributed by atoms with Gasteiger partial charge in [-0.3, -0.25) is 4.98 Å². The van der Waals surface area contributed by atoms with E-state index in [0.29, 0.717) is 48.0 Å². The molecule has 1 atom stereocenters. The largest absolute Gasteiger partial charge is 0.489 e. The van der Waals surface area contributed by atoms with Gasteiger partial charge >= 0.3 is 5.69 Å². The van der Waals surface area contributed by atoms with Gasteiger partial charge in [0.2, 0.25) is 0 Å². The van der Waals surface area contributed by atoms with Gasteiger partial charge in [0, 0.05) is 31.4 Å². The van der Waals surface area contributed by atoms with Gasteiger partial charge in [-0.15, -0.1) is 0 Å². The van der Waals surface area contributed by atoms with E-state index in [-0.39, 0.29) is 38.9 Å². The normalized spacial score (nSPS) is 16.9. The Morgan fingerprint density at radius 3 is 2.82 bits per heavy atom. The number of hydrogen-bond acceptors (Lipinski definition) is 7. The van der Waals surface area contributed by atoms with Crippen LogP contribution in [0.15, 0.2) is 35.3 Å². The number of pyridine rings is 2. The Morgan fingerprint density at radius 1 is 1.21 bits per heavy atom. The first-order valence-electron chi connectivity index (χ1n) is 12.4. The van der Waals surface area contributed by atoms with Crippen molar-refractivity contribution in [2.24, 2.45) is 0 Å². The number of aryl methyl sites for hydroxylation is 1. The third kappa shape index (κ3) is 3.83. The van der Waals surface area contributed by atoms with Gasteiger partial charge < -0.3 is 15.0 Å². The van der Waals surface area contributed by atoms with Gasteiger partial charge in [0.15, 0.2) is 17.2 Å². The summed E-state index contributed by atoms with van der Waals surface area (Å²) in [4.78, 5) is 30.0. The number of piperazine rings is 1. The third-order valence-electron chi connectivity index (χ3n) is 7.08. The zero-order valence-corrected chi connectivity index (χ0v) is 22.6. The molecule has 1 saturated heterocycles. The summed E-state index contributed by atoms with van der Waals surface area (Å²) in [6.45, 7) is 8.23. The summed E-state index contributed by atoms with van der Waals surface area (Å²) in [7, 11) is 0. The van der Waals surface area contributed by atoms with Gasteiger partial charge in [0.1, 0.15) is 22.8 Å². The maximum Gasteiger partial charge on any atom is 0.355 e. The van der Waals surface area contributed by atoms with Crippen LogP contribution >= 0.6 is 23.2 Å². The second kappa shape index (κ2) is 9.48. The summed E-state index contributed by atoms with van der Waals surface area (Å²) < 4.78 is 23.0. The van der Waals surface area contributed by atoms with Crippen LogP contribution in [0, 0.1) is 12.7 Å². The Balaban J connectivity index is 1.79. The highest BCUT2D eigenvalue weighted by atomic mass is 35.5. The SMILES string of the molecule is Cc1ccnc(C(C)C)c1-n1c(=O)nc2c3c(c(Cl)c(-c4cccc(Cl)c4F)nc31)OC[C@H]1CNCCN21. The van der Waals surface area contributed by atoms with E-state index in [2.05, 4.69) is 20.2 Å². The lowest BCUT2D eigenvalue weighted by Crippen LogP contribution is -2.54. The van der Waals surface area contributed by atoms with Gasteiger partial charge in [-0.25, -0.2) is 18.7 Å². The Kier molecular flexibility index (Phi) is 6.25. The van der Waals surface area contributed by atoms with Crippen LogP contribution in [0.3, 0.4) is 0 Å². The second-order valence-electron chi connectivity index (χ2n) is 9.84. The van der Waals surface area contributed by atoms with Gasteiger partial charge in [0.25, 0.3) is 0 Å². The van der Waals surface area contributed by atoms with E-state index in [0.717, 1.165) is 12.1 Å². The van der Waals surface area contributed by atoms with E-state index < -0.39 is 11.5 Å². The summed E-state index contributed by atoms with van der Waals surface area (Å²) in [6.07, 6.45) is 1.72. The van der Waals surface area contributed by atoms with Gasteiger partial charge in [-0.05, 0) is 36.6 Å². The van der Waals surface area contributed by atoms with Crippen LogP contribution in [-0.2, 0) is 0 Å². The molecule has 4 aromatic rings. The molecule has 3 aromatic heterocycles. The van der Waals surface area contributed by atoms with Crippen molar-refractivity contribution in [3.8, 4) is 22.7 Å². The quantitative estimate of drug-likeness (QED) is 0.385. The molecule has 0 bridgehead atoms. The van der Waals surface area contributed by atoms with E-state index in [1.54, 1.807) is 18.3 Å². The molecule has 6 rings (SSSR count). The molecule has 196 valence electrons. The number of fused-ring (bicyclic) bond motifs is 2. The van der Waals surface area contributed by atoms with Crippen LogP contribution in [0.2, 0.25) is 10.0 Å². The van der Waals surface area contributed by atoms with Crippen LogP contribution in [0.1, 0.15) is 31.0 Å². The van der Waals surface area contributed by atoms with E-state index in [1.807, 2.05) is 26.8 Å². The maximum atomic E-state index is 15.3. The lowest BCUT2D eigenvalue weighted by Gasteiger charge is -2.35. The molecule has 0 aliphatic carbocycles. The second-order valence-corrected chi connectivity index (χ2v) is 10.6. The number of ether oxygens (including phenoxy) is 1. The predicted molar refractivity (Wildman–Crippen MR) is 147 cm³/mol. The van der Waals surface area contributed by atoms with E-state index in [4.69, 9.17) is 32.9 Å². The van der Waals surface area contributed by atoms with Crippen molar-refractivity contribution in [1.82, 2.24) is 24.8 Å². The maximum absolute atomic E-state index is 15.3. The first-order valence-corrected chi connectivity index (χ1v) is 13.2. The molecule has 0 radical (unpaired) electrons. The first-order chi connectivity index (χ1) is 18.3. The number of nitrogens with one attached hydrogen (secondary N) is 1. The highest BCUT2D eigenvalue weighted by Gasteiger charge is 2.35. The smallest absolute Gasteiger partial charge is 0.355 e. The Morgan fingerprint density at radius 2 is 2.03 bits per heavy atom. The van der Waals surface area contributed by atoms with E-state index in [1.165, 1.54) is 10.6 Å². The van der Waals surface area contributed by atoms with E-state index in [9.17, 15) is 4.79 Å². The predicted octanol–water partition coefficient (Wildman–Crippen LogP) is 4.89. The molecule has 11 heteroatoms. The minimum absolute atomic E-state index is 0.00706. The van der Waals surface area contributed by atoms with Crippen molar-refractivity contribution in [3.63, 3.8) is 0 Å². The summed E-state index contributed by atoms with van der Waals surface area (Å²) in [5, 5.41) is 3.93. The molecule has 2 aliphatic heterocycles. The van der Waals surface area contributed by atoms with Gasteiger partial charge in [-0.2, -0.15) is 4.98 Å². The van der Waals surface area contributed by atoms with Crippen molar-refractivity contribution in [3.05, 3.63) is 68.1 Å². The van der Waals surface area contributed by atoms with Gasteiger partial charge in [0.05, 0.1) is 28.1 Å². The number of anilines is 1. The molecule has 0 unspecified atom stereocenters. The molecule has 0 spiro atoms. The van der Waals surface area contributed by atoms with Crippen molar-refractivity contribution >= 4 is 40.1 Å². The van der Waals surface area contributed by atoms with Crippen molar-refractivity contribution in [2.75, 3.05) is 31.1 Å². The summed E-state index contributed by atoms with van der Waals surface area (Å²) >= 11 is 13.0. The standard InChI is InChI=1S/C27H25Cl2FN6O2/c1-13(2)21-23(14(3)7-8-32-21)36-26-18-24(19(29)22(33-26)16-5-4-6-17(28)20(16)30)38-12-15-11-31-9-10-35(15)25(18)34-27(36)37/h4-8,13,15,31H,9-12H2,1-3H3/t15-/m1/s1. The monoisotopic (exact) mass is 554 g/mol. The number of nitrogens with zero attached hydrogens (tertiary/aromatic N) is 5. The Labute approximate surface area is 228 Å². The number of rotatable bonds is 3. The summed E-state index contributed by atoms with van der Waals surface area (Å²) in [6, 6.07) is 6.40. The number of hydrogen-bond donors (Lipinski definition) is 1. The molecule has 8 nitrogen and oxygen atoms in total. The first kappa shape index (κ1) is 25.0. The molecule has 1 fully saturated rings. The fraction of sp³-hybridized carbons (Fsp3) is 0.333.